The Hall–Kier alpha value is -3.17. The molecule has 3 aliphatic heterocycles. The van der Waals surface area contributed by atoms with Crippen molar-refractivity contribution in [2.75, 3.05) is 44.8 Å². The molecule has 2 unspecified atom stereocenters. The molecule has 0 radical (unpaired) electrons. The number of amides is 3. The second-order valence-corrected chi connectivity index (χ2v) is 11.6. The molecule has 1 spiro atoms. The Bertz CT molecular complexity index is 1140. The van der Waals surface area contributed by atoms with E-state index in [-0.39, 0.29) is 30.9 Å². The Kier molecular flexibility index (Phi) is 9.59. The average molecular weight is 568 g/mol. The zero-order valence-electron chi connectivity index (χ0n) is 24.7. The lowest BCUT2D eigenvalue weighted by Crippen LogP contribution is -2.56. The number of fused-ring (bicyclic) bond motifs is 1. The number of hydrogen-bond acceptors (Lipinski definition) is 6. The largest absolute Gasteiger partial charge is 0.497 e. The van der Waals surface area contributed by atoms with Gasteiger partial charge < -0.3 is 29.3 Å². The molecule has 4 rings (SSSR count). The van der Waals surface area contributed by atoms with Gasteiger partial charge in [0.2, 0.25) is 11.8 Å². The molecule has 3 heterocycles. The van der Waals surface area contributed by atoms with E-state index >= 15 is 0 Å². The van der Waals surface area contributed by atoms with Crippen LogP contribution in [0.3, 0.4) is 0 Å². The zero-order valence-corrected chi connectivity index (χ0v) is 24.7. The summed E-state index contributed by atoms with van der Waals surface area (Å²) in [6, 6.07) is 6.34. The minimum absolute atomic E-state index is 0.0715. The lowest BCUT2D eigenvalue weighted by molar-refractivity contribution is -0.149. The molecule has 3 fully saturated rings. The highest BCUT2D eigenvalue weighted by Crippen LogP contribution is 2.63. The third-order valence-electron chi connectivity index (χ3n) is 8.95. The van der Waals surface area contributed by atoms with Crippen LogP contribution in [0.5, 0.6) is 5.75 Å². The molecule has 3 saturated heterocycles. The summed E-state index contributed by atoms with van der Waals surface area (Å²) < 4.78 is 12.1. The van der Waals surface area contributed by atoms with Crippen LogP contribution in [-0.2, 0) is 19.1 Å². The maximum Gasteiger partial charge on any atom is 0.253 e. The van der Waals surface area contributed by atoms with E-state index in [1.54, 1.807) is 46.1 Å². The van der Waals surface area contributed by atoms with E-state index in [0.29, 0.717) is 56.8 Å². The number of benzene rings is 1. The van der Waals surface area contributed by atoms with E-state index in [0.717, 1.165) is 12.8 Å². The Morgan fingerprint density at radius 3 is 2.44 bits per heavy atom. The van der Waals surface area contributed by atoms with E-state index in [9.17, 15) is 19.5 Å². The molecule has 0 aromatic heterocycles. The molecule has 41 heavy (non-hydrogen) atoms. The van der Waals surface area contributed by atoms with Crippen LogP contribution in [0, 0.1) is 11.8 Å². The van der Waals surface area contributed by atoms with Crippen molar-refractivity contribution in [3.8, 4) is 5.75 Å². The number of methoxy groups -OCH3 is 1. The van der Waals surface area contributed by atoms with Crippen molar-refractivity contribution in [2.45, 2.75) is 69.6 Å². The minimum Gasteiger partial charge on any atom is -0.497 e. The van der Waals surface area contributed by atoms with E-state index in [1.807, 2.05) is 26.0 Å². The first kappa shape index (κ1) is 30.8. The summed E-state index contributed by atoms with van der Waals surface area (Å²) in [5, 5.41) is 9.30. The van der Waals surface area contributed by atoms with Crippen molar-refractivity contribution in [2.24, 2.45) is 11.8 Å². The number of carbonyl (C=O) groups is 3. The van der Waals surface area contributed by atoms with Crippen LogP contribution in [0.4, 0.5) is 5.69 Å². The van der Waals surface area contributed by atoms with Gasteiger partial charge in [-0.25, -0.2) is 0 Å². The third kappa shape index (κ3) is 5.42. The van der Waals surface area contributed by atoms with E-state index < -0.39 is 29.1 Å². The number of rotatable bonds is 15. The van der Waals surface area contributed by atoms with Crippen molar-refractivity contribution in [3.63, 3.8) is 0 Å². The lowest BCUT2D eigenvalue weighted by atomic mass is 9.66. The van der Waals surface area contributed by atoms with Crippen LogP contribution >= 0.6 is 0 Å². The molecule has 224 valence electrons. The molecule has 3 amide bonds. The Morgan fingerprint density at radius 2 is 1.83 bits per heavy atom. The van der Waals surface area contributed by atoms with Gasteiger partial charge in [0, 0.05) is 38.5 Å². The summed E-state index contributed by atoms with van der Waals surface area (Å²) in [4.78, 5) is 48.1. The second-order valence-electron chi connectivity index (χ2n) is 11.6. The molecule has 9 nitrogen and oxygen atoms in total. The van der Waals surface area contributed by atoms with Gasteiger partial charge in [-0.15, -0.1) is 13.2 Å². The molecule has 1 aromatic rings. The van der Waals surface area contributed by atoms with Crippen molar-refractivity contribution in [3.05, 3.63) is 49.6 Å². The Morgan fingerprint density at radius 1 is 1.12 bits per heavy atom. The number of likely N-dealkylation sites (tertiary alicyclic amines) is 1. The molecule has 3 aliphatic rings. The first-order valence-electron chi connectivity index (χ1n) is 14.8. The summed E-state index contributed by atoms with van der Waals surface area (Å²) >= 11 is 0. The first-order chi connectivity index (χ1) is 19.7. The topological polar surface area (TPSA) is 99.6 Å². The van der Waals surface area contributed by atoms with Crippen LogP contribution in [0.2, 0.25) is 0 Å². The van der Waals surface area contributed by atoms with Gasteiger partial charge in [0.1, 0.15) is 17.4 Å². The third-order valence-corrected chi connectivity index (χ3v) is 8.95. The standard InChI is InChI=1S/C32H45N3O6/c1-6-18-33(19-7-2)28(37)25-26-29(38)35(21-10-9-11-22-36)27(32(26)17-16-31(25,4)41-32)30(39)34(20-8-3)23-12-14-24(40-5)15-13-23/h6,8,12-15,25-27,36H,1,3,7,9-11,16-22H2,2,4-5H3/t25-,26-,27?,31+,32?/m0/s1. The number of anilines is 1. The summed E-state index contributed by atoms with van der Waals surface area (Å²) in [5.74, 6) is -1.31. The van der Waals surface area contributed by atoms with Crippen LogP contribution < -0.4 is 9.64 Å². The minimum atomic E-state index is -1.10. The van der Waals surface area contributed by atoms with Gasteiger partial charge >= 0.3 is 0 Å². The predicted molar refractivity (Wildman–Crippen MR) is 157 cm³/mol. The Labute approximate surface area is 243 Å². The normalized spacial score (nSPS) is 28.0. The van der Waals surface area contributed by atoms with Crippen LogP contribution in [0.15, 0.2) is 49.6 Å². The fourth-order valence-corrected chi connectivity index (χ4v) is 7.17. The van der Waals surface area contributed by atoms with Crippen molar-refractivity contribution >= 4 is 23.4 Å². The van der Waals surface area contributed by atoms with Crippen molar-refractivity contribution in [1.29, 1.82) is 0 Å². The summed E-state index contributed by atoms with van der Waals surface area (Å²) in [7, 11) is 1.59. The Balaban J connectivity index is 1.76. The maximum atomic E-state index is 14.6. The maximum absolute atomic E-state index is 14.6. The first-order valence-corrected chi connectivity index (χ1v) is 14.8. The smallest absolute Gasteiger partial charge is 0.253 e. The average Bonchev–Trinajstić information content (AvgIpc) is 3.54. The SMILES string of the molecule is C=CCN(CCC)C(=O)[C@@H]1[C@H]2C(=O)N(CCCCCO)C(C(=O)N(CC=C)c3ccc(OC)cc3)C23CC[C@@]1(C)O3. The number of ether oxygens (including phenoxy) is 2. The van der Waals surface area contributed by atoms with Gasteiger partial charge in [0.25, 0.3) is 5.91 Å². The molecular weight excluding hydrogens is 522 g/mol. The summed E-state index contributed by atoms with van der Waals surface area (Å²) in [5.41, 5.74) is -1.28. The molecule has 1 N–H and O–H groups in total. The van der Waals surface area contributed by atoms with Gasteiger partial charge in [-0.05, 0) is 69.7 Å². The fourth-order valence-electron chi connectivity index (χ4n) is 7.17. The highest BCUT2D eigenvalue weighted by atomic mass is 16.5. The van der Waals surface area contributed by atoms with E-state index in [4.69, 9.17) is 9.47 Å². The van der Waals surface area contributed by atoms with Crippen molar-refractivity contribution in [1.82, 2.24) is 9.80 Å². The number of carbonyl (C=O) groups excluding carboxylic acids is 3. The van der Waals surface area contributed by atoms with Gasteiger partial charge in [-0.2, -0.15) is 0 Å². The number of aliphatic hydroxyl groups excluding tert-OH is 1. The molecule has 5 atom stereocenters. The lowest BCUT2D eigenvalue weighted by Gasteiger charge is -2.37. The van der Waals surface area contributed by atoms with E-state index in [2.05, 4.69) is 13.2 Å². The van der Waals surface area contributed by atoms with Gasteiger partial charge in [0.15, 0.2) is 0 Å². The van der Waals surface area contributed by atoms with Crippen LogP contribution in [0.25, 0.3) is 0 Å². The number of aliphatic hydroxyl groups is 1. The van der Waals surface area contributed by atoms with Gasteiger partial charge in [-0.1, -0.05) is 19.1 Å². The molecule has 0 saturated carbocycles. The number of hydrogen-bond donors (Lipinski definition) is 1. The predicted octanol–water partition coefficient (Wildman–Crippen LogP) is 3.57. The molecule has 0 aliphatic carbocycles. The molecule has 9 heteroatoms. The molecule has 2 bridgehead atoms. The summed E-state index contributed by atoms with van der Waals surface area (Å²) in [6.07, 6.45) is 7.24. The quantitative estimate of drug-likeness (QED) is 0.257. The zero-order chi connectivity index (χ0) is 29.8. The molecular formula is C32H45N3O6. The van der Waals surface area contributed by atoms with Crippen LogP contribution in [0.1, 0.15) is 52.4 Å². The monoisotopic (exact) mass is 567 g/mol. The van der Waals surface area contributed by atoms with Gasteiger partial charge in [0.05, 0.1) is 24.5 Å². The number of nitrogens with zero attached hydrogens (tertiary/aromatic N) is 3. The van der Waals surface area contributed by atoms with Gasteiger partial charge in [-0.3, -0.25) is 14.4 Å². The fraction of sp³-hybridized carbons (Fsp3) is 0.594. The summed E-state index contributed by atoms with van der Waals surface area (Å²) in [6.45, 7) is 13.3. The van der Waals surface area contributed by atoms with Crippen molar-refractivity contribution < 1.29 is 29.0 Å². The van der Waals surface area contributed by atoms with Crippen LogP contribution in [-0.4, -0.2) is 89.8 Å². The van der Waals surface area contributed by atoms with E-state index in [1.165, 1.54) is 0 Å². The molecule has 1 aromatic carbocycles. The second kappa shape index (κ2) is 12.8. The number of unbranched alkanes of at least 4 members (excludes halogenated alkanes) is 2. The highest BCUT2D eigenvalue weighted by Gasteiger charge is 2.78. The highest BCUT2D eigenvalue weighted by molar-refractivity contribution is 6.05.